The molecule has 2 N–H and O–H groups in total. The number of rotatable bonds is 12. The SMILES string of the molecule is C[C@@H](CC(=O)N1C(=O)OC[C@@H]1c1ccccc1)[C@H](N=C(c1ccccc1)c1ccccc1NC(=O)[C@@H]1CCCN1Cc1ccccc1)C(=O)O. The van der Waals surface area contributed by atoms with Gasteiger partial charge in [-0.25, -0.2) is 14.5 Å². The van der Waals surface area contributed by atoms with E-state index >= 15 is 0 Å². The average Bonchev–Trinajstić information content (AvgIpc) is 3.76. The first-order valence-electron chi connectivity index (χ1n) is 16.9. The molecule has 0 saturated carbocycles. The first kappa shape index (κ1) is 34.3. The Balaban J connectivity index is 1.27. The molecule has 2 aliphatic rings. The van der Waals surface area contributed by atoms with E-state index in [9.17, 15) is 24.3 Å². The van der Waals surface area contributed by atoms with E-state index in [1.165, 1.54) is 0 Å². The fourth-order valence-corrected chi connectivity index (χ4v) is 6.71. The van der Waals surface area contributed by atoms with Crippen molar-refractivity contribution in [1.29, 1.82) is 0 Å². The highest BCUT2D eigenvalue weighted by atomic mass is 16.6. The normalized spacial score (nSPS) is 19.1. The molecule has 10 heteroatoms. The summed E-state index contributed by atoms with van der Waals surface area (Å²) in [5.41, 5.74) is 3.96. The van der Waals surface area contributed by atoms with Crippen molar-refractivity contribution in [2.75, 3.05) is 18.5 Å². The van der Waals surface area contributed by atoms with Gasteiger partial charge in [-0.3, -0.25) is 19.5 Å². The van der Waals surface area contributed by atoms with Crippen molar-refractivity contribution < 1.29 is 29.0 Å². The molecule has 2 saturated heterocycles. The molecule has 0 bridgehead atoms. The van der Waals surface area contributed by atoms with E-state index in [-0.39, 0.29) is 25.0 Å². The summed E-state index contributed by atoms with van der Waals surface area (Å²) in [6.45, 7) is 3.13. The van der Waals surface area contributed by atoms with Gasteiger partial charge >= 0.3 is 12.1 Å². The summed E-state index contributed by atoms with van der Waals surface area (Å²) in [7, 11) is 0. The lowest BCUT2D eigenvalue weighted by atomic mass is 9.95. The van der Waals surface area contributed by atoms with Gasteiger partial charge in [0.2, 0.25) is 11.8 Å². The van der Waals surface area contributed by atoms with Gasteiger partial charge in [0.05, 0.1) is 17.4 Å². The second kappa shape index (κ2) is 15.7. The molecule has 50 heavy (non-hydrogen) atoms. The van der Waals surface area contributed by atoms with Gasteiger partial charge in [0, 0.05) is 24.1 Å². The van der Waals surface area contributed by atoms with Crippen molar-refractivity contribution in [2.45, 2.75) is 50.9 Å². The van der Waals surface area contributed by atoms with E-state index in [4.69, 9.17) is 9.73 Å². The first-order chi connectivity index (χ1) is 24.3. The van der Waals surface area contributed by atoms with Crippen molar-refractivity contribution in [3.05, 3.63) is 138 Å². The van der Waals surface area contributed by atoms with E-state index in [2.05, 4.69) is 22.3 Å². The number of hydrogen-bond acceptors (Lipinski definition) is 7. The number of hydrogen-bond donors (Lipinski definition) is 2. The van der Waals surface area contributed by atoms with Crippen LogP contribution in [0.2, 0.25) is 0 Å². The molecule has 3 amide bonds. The lowest BCUT2D eigenvalue weighted by Crippen LogP contribution is -2.39. The predicted molar refractivity (Wildman–Crippen MR) is 190 cm³/mol. The van der Waals surface area contributed by atoms with E-state index in [1.54, 1.807) is 19.1 Å². The number of imide groups is 1. The number of ether oxygens (including phenoxy) is 1. The summed E-state index contributed by atoms with van der Waals surface area (Å²) in [4.78, 5) is 60.9. The van der Waals surface area contributed by atoms with Crippen LogP contribution in [-0.2, 0) is 25.7 Å². The number of benzene rings is 4. The van der Waals surface area contributed by atoms with Crippen LogP contribution in [0.3, 0.4) is 0 Å². The minimum atomic E-state index is -1.34. The Morgan fingerprint density at radius 3 is 2.24 bits per heavy atom. The van der Waals surface area contributed by atoms with Gasteiger partial charge in [0.25, 0.3) is 0 Å². The Hall–Kier alpha value is -5.61. The number of anilines is 1. The lowest BCUT2D eigenvalue weighted by molar-refractivity contribution is -0.140. The molecule has 4 atom stereocenters. The summed E-state index contributed by atoms with van der Waals surface area (Å²) in [5, 5.41) is 13.6. The second-order valence-electron chi connectivity index (χ2n) is 12.7. The van der Waals surface area contributed by atoms with Gasteiger partial charge in [-0.15, -0.1) is 0 Å². The fourth-order valence-electron chi connectivity index (χ4n) is 6.71. The molecule has 10 nitrogen and oxygen atoms in total. The average molecular weight is 673 g/mol. The molecule has 0 unspecified atom stereocenters. The first-order valence-corrected chi connectivity index (χ1v) is 16.9. The number of carboxylic acids is 1. The number of amides is 3. The molecule has 0 aromatic heterocycles. The maximum Gasteiger partial charge on any atom is 0.417 e. The van der Waals surface area contributed by atoms with E-state index in [0.29, 0.717) is 29.1 Å². The number of carbonyl (C=O) groups is 4. The van der Waals surface area contributed by atoms with Crippen LogP contribution in [0.4, 0.5) is 10.5 Å². The second-order valence-corrected chi connectivity index (χ2v) is 12.7. The third-order valence-electron chi connectivity index (χ3n) is 9.26. The Kier molecular flexibility index (Phi) is 10.8. The molecule has 6 rings (SSSR count). The molecular formula is C40H40N4O6. The summed E-state index contributed by atoms with van der Waals surface area (Å²) in [6.07, 6.45) is 0.619. The molecule has 0 radical (unpaired) electrons. The molecule has 4 aromatic rings. The van der Waals surface area contributed by atoms with Crippen LogP contribution < -0.4 is 5.32 Å². The molecule has 2 fully saturated rings. The highest BCUT2D eigenvalue weighted by molar-refractivity contribution is 6.17. The molecule has 2 aliphatic heterocycles. The van der Waals surface area contributed by atoms with E-state index in [1.807, 2.05) is 91.0 Å². The minimum Gasteiger partial charge on any atom is -0.480 e. The van der Waals surface area contributed by atoms with Crippen LogP contribution in [0.15, 0.2) is 120 Å². The Morgan fingerprint density at radius 2 is 1.54 bits per heavy atom. The zero-order valence-corrected chi connectivity index (χ0v) is 27.9. The van der Waals surface area contributed by atoms with Crippen LogP contribution in [0, 0.1) is 5.92 Å². The number of para-hydroxylation sites is 1. The number of aliphatic carboxylic acids is 1. The van der Waals surface area contributed by atoms with Gasteiger partial charge in [-0.1, -0.05) is 116 Å². The smallest absolute Gasteiger partial charge is 0.417 e. The maximum absolute atomic E-state index is 13.8. The van der Waals surface area contributed by atoms with Crippen molar-refractivity contribution in [3.63, 3.8) is 0 Å². The van der Waals surface area contributed by atoms with Crippen molar-refractivity contribution >= 4 is 35.3 Å². The van der Waals surface area contributed by atoms with E-state index in [0.717, 1.165) is 35.4 Å². The highest BCUT2D eigenvalue weighted by Gasteiger charge is 2.40. The molecule has 0 aliphatic carbocycles. The van der Waals surface area contributed by atoms with Gasteiger partial charge in [-0.05, 0) is 42.5 Å². The number of nitrogens with one attached hydrogen (secondary N) is 1. The van der Waals surface area contributed by atoms with Crippen LogP contribution in [0.1, 0.15) is 54.5 Å². The topological polar surface area (TPSA) is 129 Å². The maximum atomic E-state index is 13.8. The number of nitrogens with zero attached hydrogens (tertiary/aromatic N) is 3. The molecule has 0 spiro atoms. The Morgan fingerprint density at radius 1 is 0.900 bits per heavy atom. The number of carbonyl (C=O) groups excluding carboxylic acids is 3. The van der Waals surface area contributed by atoms with Crippen molar-refractivity contribution in [3.8, 4) is 0 Å². The quantitative estimate of drug-likeness (QED) is 0.169. The van der Waals surface area contributed by atoms with E-state index < -0.39 is 36.0 Å². The number of likely N-dealkylation sites (tertiary alicyclic amines) is 1. The van der Waals surface area contributed by atoms with Crippen molar-refractivity contribution in [2.24, 2.45) is 10.9 Å². The summed E-state index contributed by atoms with van der Waals surface area (Å²) >= 11 is 0. The number of cyclic esters (lactones) is 1. The zero-order chi connectivity index (χ0) is 35.0. The van der Waals surface area contributed by atoms with Crippen molar-refractivity contribution in [1.82, 2.24) is 9.80 Å². The predicted octanol–water partition coefficient (Wildman–Crippen LogP) is 6.33. The standard InChI is InChI=1S/C40H40N4O6/c1-27(24-35(45)44-34(26-50-40(44)49)29-16-7-3-8-17-29)36(39(47)48)42-37(30-18-9-4-10-19-30)31-20-11-12-21-32(31)41-38(46)33-22-13-23-43(33)25-28-14-5-2-6-15-28/h2-12,14-21,27,33-34,36H,13,22-26H2,1H3,(H,41,46)(H,47,48)/t27-,33-,34+,36-/m0/s1. The molecule has 4 aromatic carbocycles. The van der Waals surface area contributed by atoms with Gasteiger partial charge in [0.1, 0.15) is 12.6 Å². The van der Waals surface area contributed by atoms with Gasteiger partial charge in [0.15, 0.2) is 6.04 Å². The summed E-state index contributed by atoms with van der Waals surface area (Å²) in [5.74, 6) is -2.69. The Labute approximate surface area is 291 Å². The number of aliphatic imine (C=N–C) groups is 1. The van der Waals surface area contributed by atoms with Gasteiger partial charge < -0.3 is 15.2 Å². The van der Waals surface area contributed by atoms with Crippen LogP contribution >= 0.6 is 0 Å². The minimum absolute atomic E-state index is 0.0228. The zero-order valence-electron chi connectivity index (χ0n) is 27.9. The summed E-state index contributed by atoms with van der Waals surface area (Å²) < 4.78 is 5.23. The molecule has 2 heterocycles. The fraction of sp³-hybridized carbons (Fsp3) is 0.275. The van der Waals surface area contributed by atoms with Crippen LogP contribution in [0.25, 0.3) is 0 Å². The molecular weight excluding hydrogens is 632 g/mol. The highest BCUT2D eigenvalue weighted by Crippen LogP contribution is 2.31. The van der Waals surface area contributed by atoms with Crippen LogP contribution in [-0.4, -0.2) is 69.7 Å². The largest absolute Gasteiger partial charge is 0.480 e. The monoisotopic (exact) mass is 672 g/mol. The third kappa shape index (κ3) is 7.82. The van der Waals surface area contributed by atoms with Crippen LogP contribution in [0.5, 0.6) is 0 Å². The molecule has 256 valence electrons. The van der Waals surface area contributed by atoms with Gasteiger partial charge in [-0.2, -0.15) is 0 Å². The lowest BCUT2D eigenvalue weighted by Gasteiger charge is -2.25. The summed E-state index contributed by atoms with van der Waals surface area (Å²) in [6, 6.07) is 33.3. The third-order valence-corrected chi connectivity index (χ3v) is 9.26. The number of carboxylic acid groups (broad SMARTS) is 1. The Bertz CT molecular complexity index is 1850.